The summed E-state index contributed by atoms with van der Waals surface area (Å²) in [5.74, 6) is 0.181. The van der Waals surface area contributed by atoms with Crippen LogP contribution in [0, 0.1) is 0 Å². The number of rotatable bonds is 7. The van der Waals surface area contributed by atoms with Gasteiger partial charge in [-0.15, -0.1) is 0 Å². The molecule has 3 heteroatoms. The van der Waals surface area contributed by atoms with Crippen LogP contribution in [0.1, 0.15) is 30.4 Å². The van der Waals surface area contributed by atoms with Crippen molar-refractivity contribution in [3.05, 3.63) is 83.9 Å². The van der Waals surface area contributed by atoms with Crippen LogP contribution in [-0.4, -0.2) is 36.5 Å². The lowest BCUT2D eigenvalue weighted by molar-refractivity contribution is -0.122. The summed E-state index contributed by atoms with van der Waals surface area (Å²) in [7, 11) is 0. The maximum absolute atomic E-state index is 12.4. The number of hydrogen-bond acceptors (Lipinski definition) is 2. The zero-order valence-electron chi connectivity index (χ0n) is 17.0. The highest BCUT2D eigenvalue weighted by Crippen LogP contribution is 2.17. The van der Waals surface area contributed by atoms with Crippen LogP contribution in [0.5, 0.6) is 0 Å². The largest absolute Gasteiger partial charge is 0.353 e. The van der Waals surface area contributed by atoms with Crippen molar-refractivity contribution in [2.24, 2.45) is 0 Å². The summed E-state index contributed by atoms with van der Waals surface area (Å²) < 4.78 is 0. The second kappa shape index (κ2) is 9.71. The molecule has 1 saturated heterocycles. The van der Waals surface area contributed by atoms with E-state index in [1.807, 2.05) is 0 Å². The van der Waals surface area contributed by atoms with Crippen molar-refractivity contribution in [2.45, 2.75) is 38.1 Å². The maximum atomic E-state index is 12.4. The molecule has 0 aliphatic carbocycles. The molecule has 1 aliphatic heterocycles. The van der Waals surface area contributed by atoms with Crippen molar-refractivity contribution in [1.82, 2.24) is 10.2 Å². The first-order valence-corrected chi connectivity index (χ1v) is 10.8. The SMILES string of the molecule is O=C(CCc1ccc2ccccc2c1)NC1CCN(CCc2ccccc2)CC1. The second-order valence-corrected chi connectivity index (χ2v) is 8.10. The van der Waals surface area contributed by atoms with E-state index in [0.29, 0.717) is 12.5 Å². The minimum Gasteiger partial charge on any atom is -0.353 e. The Morgan fingerprint density at radius 1 is 0.828 bits per heavy atom. The van der Waals surface area contributed by atoms with Gasteiger partial charge in [-0.25, -0.2) is 0 Å². The first kappa shape index (κ1) is 19.7. The lowest BCUT2D eigenvalue weighted by Gasteiger charge is -2.32. The van der Waals surface area contributed by atoms with Crippen LogP contribution >= 0.6 is 0 Å². The normalized spacial score (nSPS) is 15.4. The molecular formula is C26H30N2O. The molecule has 0 radical (unpaired) electrons. The van der Waals surface area contributed by atoms with Crippen molar-refractivity contribution >= 4 is 16.7 Å². The van der Waals surface area contributed by atoms with Crippen LogP contribution < -0.4 is 5.32 Å². The van der Waals surface area contributed by atoms with E-state index >= 15 is 0 Å². The van der Waals surface area contributed by atoms with Gasteiger partial charge in [0.15, 0.2) is 0 Å². The Balaban J connectivity index is 1.17. The quantitative estimate of drug-likeness (QED) is 0.644. The third-order valence-corrected chi connectivity index (χ3v) is 5.97. The summed E-state index contributed by atoms with van der Waals surface area (Å²) >= 11 is 0. The number of nitrogens with zero attached hydrogens (tertiary/aromatic N) is 1. The fourth-order valence-corrected chi connectivity index (χ4v) is 4.18. The monoisotopic (exact) mass is 386 g/mol. The molecule has 0 saturated carbocycles. The van der Waals surface area contributed by atoms with Gasteiger partial charge in [-0.05, 0) is 47.6 Å². The summed E-state index contributed by atoms with van der Waals surface area (Å²) in [5.41, 5.74) is 2.63. The molecular weight excluding hydrogens is 356 g/mol. The van der Waals surface area contributed by atoms with Crippen molar-refractivity contribution in [3.63, 3.8) is 0 Å². The smallest absolute Gasteiger partial charge is 0.220 e. The van der Waals surface area contributed by atoms with Gasteiger partial charge in [0.1, 0.15) is 0 Å². The number of likely N-dealkylation sites (tertiary alicyclic amines) is 1. The molecule has 0 spiro atoms. The Morgan fingerprint density at radius 3 is 2.34 bits per heavy atom. The molecule has 4 rings (SSSR count). The molecule has 1 fully saturated rings. The van der Waals surface area contributed by atoms with Crippen LogP contribution in [-0.2, 0) is 17.6 Å². The molecule has 3 aromatic carbocycles. The minimum atomic E-state index is 0.181. The second-order valence-electron chi connectivity index (χ2n) is 8.10. The van der Waals surface area contributed by atoms with Gasteiger partial charge in [0, 0.05) is 32.1 Å². The molecule has 1 N–H and O–H groups in total. The molecule has 0 atom stereocenters. The van der Waals surface area contributed by atoms with E-state index in [1.54, 1.807) is 0 Å². The third kappa shape index (κ3) is 5.68. The van der Waals surface area contributed by atoms with Gasteiger partial charge < -0.3 is 10.2 Å². The summed E-state index contributed by atoms with van der Waals surface area (Å²) in [6.45, 7) is 3.25. The van der Waals surface area contributed by atoms with E-state index in [-0.39, 0.29) is 5.91 Å². The first-order valence-electron chi connectivity index (χ1n) is 10.8. The number of carbonyl (C=O) groups excluding carboxylic acids is 1. The summed E-state index contributed by atoms with van der Waals surface area (Å²) in [4.78, 5) is 14.9. The molecule has 1 heterocycles. The van der Waals surface area contributed by atoms with Gasteiger partial charge in [-0.3, -0.25) is 4.79 Å². The van der Waals surface area contributed by atoms with E-state index in [0.717, 1.165) is 45.3 Å². The topological polar surface area (TPSA) is 32.3 Å². The Morgan fingerprint density at radius 2 is 1.55 bits per heavy atom. The average Bonchev–Trinajstić information content (AvgIpc) is 2.78. The highest BCUT2D eigenvalue weighted by Gasteiger charge is 2.20. The Hall–Kier alpha value is -2.65. The van der Waals surface area contributed by atoms with E-state index in [9.17, 15) is 4.79 Å². The molecule has 3 nitrogen and oxygen atoms in total. The first-order chi connectivity index (χ1) is 14.3. The number of fused-ring (bicyclic) bond motifs is 1. The number of benzene rings is 3. The fraction of sp³-hybridized carbons (Fsp3) is 0.346. The Bertz CT molecular complexity index is 930. The van der Waals surface area contributed by atoms with E-state index < -0.39 is 0 Å². The summed E-state index contributed by atoms with van der Waals surface area (Å²) in [6.07, 6.45) is 4.57. The van der Waals surface area contributed by atoms with Crippen molar-refractivity contribution in [1.29, 1.82) is 0 Å². The number of aryl methyl sites for hydroxylation is 1. The van der Waals surface area contributed by atoms with E-state index in [1.165, 1.54) is 21.9 Å². The molecule has 0 aromatic heterocycles. The van der Waals surface area contributed by atoms with Crippen molar-refractivity contribution < 1.29 is 4.79 Å². The van der Waals surface area contributed by atoms with Gasteiger partial charge in [-0.2, -0.15) is 0 Å². The molecule has 0 bridgehead atoms. The maximum Gasteiger partial charge on any atom is 0.220 e. The lowest BCUT2D eigenvalue weighted by Crippen LogP contribution is -2.45. The highest BCUT2D eigenvalue weighted by molar-refractivity contribution is 5.83. The number of piperidine rings is 1. The lowest BCUT2D eigenvalue weighted by atomic mass is 10.0. The number of nitrogens with one attached hydrogen (secondary N) is 1. The summed E-state index contributed by atoms with van der Waals surface area (Å²) in [5, 5.41) is 5.75. The van der Waals surface area contributed by atoms with Crippen LogP contribution in [0.15, 0.2) is 72.8 Å². The molecule has 150 valence electrons. The molecule has 3 aromatic rings. The standard InChI is InChI=1S/C26H30N2O/c29-26(13-11-22-10-12-23-8-4-5-9-24(23)20-22)27-25-15-18-28(19-16-25)17-14-21-6-2-1-3-7-21/h1-10,12,20,25H,11,13-19H2,(H,27,29). The van der Waals surface area contributed by atoms with Crippen molar-refractivity contribution in [3.8, 4) is 0 Å². The molecule has 1 amide bonds. The Kier molecular flexibility index (Phi) is 6.58. The molecule has 1 aliphatic rings. The minimum absolute atomic E-state index is 0.181. The highest BCUT2D eigenvalue weighted by atomic mass is 16.1. The predicted molar refractivity (Wildman–Crippen MR) is 120 cm³/mol. The molecule has 29 heavy (non-hydrogen) atoms. The van der Waals surface area contributed by atoms with Gasteiger partial charge in [0.2, 0.25) is 5.91 Å². The van der Waals surface area contributed by atoms with Gasteiger partial charge in [0.05, 0.1) is 0 Å². The van der Waals surface area contributed by atoms with Crippen LogP contribution in [0.4, 0.5) is 0 Å². The zero-order chi connectivity index (χ0) is 19.9. The number of hydrogen-bond donors (Lipinski definition) is 1. The van der Waals surface area contributed by atoms with E-state index in [2.05, 4.69) is 83.0 Å². The van der Waals surface area contributed by atoms with Crippen LogP contribution in [0.2, 0.25) is 0 Å². The number of carbonyl (C=O) groups is 1. The average molecular weight is 387 g/mol. The van der Waals surface area contributed by atoms with E-state index in [4.69, 9.17) is 0 Å². The van der Waals surface area contributed by atoms with Crippen molar-refractivity contribution in [2.75, 3.05) is 19.6 Å². The number of amides is 1. The van der Waals surface area contributed by atoms with Gasteiger partial charge >= 0.3 is 0 Å². The fourth-order valence-electron chi connectivity index (χ4n) is 4.18. The summed E-state index contributed by atoms with van der Waals surface area (Å²) in [6, 6.07) is 25.9. The van der Waals surface area contributed by atoms with Crippen LogP contribution in [0.25, 0.3) is 10.8 Å². The predicted octanol–water partition coefficient (Wildman–Crippen LogP) is 4.60. The zero-order valence-corrected chi connectivity index (χ0v) is 17.0. The van der Waals surface area contributed by atoms with Crippen LogP contribution in [0.3, 0.4) is 0 Å². The van der Waals surface area contributed by atoms with Gasteiger partial charge in [0.25, 0.3) is 0 Å². The Labute approximate surface area is 173 Å². The van der Waals surface area contributed by atoms with Gasteiger partial charge in [-0.1, -0.05) is 72.8 Å². The third-order valence-electron chi connectivity index (χ3n) is 5.97. The molecule has 0 unspecified atom stereocenters.